The van der Waals surface area contributed by atoms with E-state index in [1.165, 1.54) is 29.2 Å². The van der Waals surface area contributed by atoms with Crippen LogP contribution in [0.5, 0.6) is 0 Å². The van der Waals surface area contributed by atoms with Crippen molar-refractivity contribution in [3.63, 3.8) is 0 Å². The summed E-state index contributed by atoms with van der Waals surface area (Å²) in [7, 11) is -4.18. The van der Waals surface area contributed by atoms with E-state index >= 15 is 0 Å². The lowest BCUT2D eigenvalue weighted by atomic mass is 10.1. The number of nitrogens with one attached hydrogen (secondary N) is 1. The van der Waals surface area contributed by atoms with Crippen LogP contribution < -0.4 is 9.62 Å². The van der Waals surface area contributed by atoms with E-state index < -0.39 is 28.5 Å². The van der Waals surface area contributed by atoms with Gasteiger partial charge in [-0.15, -0.1) is 0 Å². The van der Waals surface area contributed by atoms with Crippen molar-refractivity contribution >= 4 is 62.3 Å². The summed E-state index contributed by atoms with van der Waals surface area (Å²) in [6.07, 6.45) is 0.708. The Morgan fingerprint density at radius 1 is 0.900 bits per heavy atom. The van der Waals surface area contributed by atoms with Gasteiger partial charge in [-0.05, 0) is 81.3 Å². The fourth-order valence-corrected chi connectivity index (χ4v) is 5.72. The van der Waals surface area contributed by atoms with Crippen molar-refractivity contribution in [3.8, 4) is 0 Å². The van der Waals surface area contributed by atoms with E-state index in [1.54, 1.807) is 49.4 Å². The monoisotopic (exact) mass is 623 g/mol. The zero-order valence-corrected chi connectivity index (χ0v) is 25.8. The summed E-state index contributed by atoms with van der Waals surface area (Å²) in [4.78, 5) is 28.4. The van der Waals surface area contributed by atoms with Gasteiger partial charge in [0.25, 0.3) is 10.0 Å². The fourth-order valence-electron chi connectivity index (χ4n) is 3.86. The van der Waals surface area contributed by atoms with Gasteiger partial charge in [0, 0.05) is 17.6 Å². The van der Waals surface area contributed by atoms with Crippen LogP contribution in [0, 0.1) is 6.92 Å². The molecule has 3 aromatic rings. The number of hydrogen-bond acceptors (Lipinski definition) is 4. The van der Waals surface area contributed by atoms with Crippen molar-refractivity contribution < 1.29 is 18.0 Å². The van der Waals surface area contributed by atoms with E-state index in [1.807, 2.05) is 20.8 Å². The van der Waals surface area contributed by atoms with E-state index in [0.29, 0.717) is 32.7 Å². The second kappa shape index (κ2) is 13.7. The van der Waals surface area contributed by atoms with Gasteiger partial charge >= 0.3 is 0 Å². The van der Waals surface area contributed by atoms with Gasteiger partial charge in [-0.1, -0.05) is 65.5 Å². The molecule has 1 N–H and O–H groups in total. The molecule has 0 aliphatic heterocycles. The lowest BCUT2D eigenvalue weighted by Crippen LogP contribution is -2.52. The molecule has 214 valence electrons. The molecule has 2 unspecified atom stereocenters. The number of halogens is 3. The number of benzene rings is 3. The number of carbonyl (C=O) groups excluding carboxylic acids is 2. The maximum Gasteiger partial charge on any atom is 0.264 e. The highest BCUT2D eigenvalue weighted by atomic mass is 35.5. The molecule has 0 heterocycles. The quantitative estimate of drug-likeness (QED) is 0.265. The van der Waals surface area contributed by atoms with Gasteiger partial charge in [-0.25, -0.2) is 8.42 Å². The van der Waals surface area contributed by atoms with Gasteiger partial charge in [-0.2, -0.15) is 0 Å². The molecule has 3 rings (SSSR count). The van der Waals surface area contributed by atoms with Gasteiger partial charge in [-0.3, -0.25) is 13.9 Å². The van der Waals surface area contributed by atoms with Crippen molar-refractivity contribution in [2.75, 3.05) is 10.8 Å². The van der Waals surface area contributed by atoms with Crippen LogP contribution in [0.3, 0.4) is 0 Å². The molecule has 0 bridgehead atoms. The topological polar surface area (TPSA) is 86.8 Å². The minimum Gasteiger partial charge on any atom is -0.352 e. The van der Waals surface area contributed by atoms with Crippen LogP contribution in [0.2, 0.25) is 15.1 Å². The van der Waals surface area contributed by atoms with Crippen molar-refractivity contribution in [1.82, 2.24) is 10.2 Å². The van der Waals surface area contributed by atoms with E-state index in [2.05, 4.69) is 5.32 Å². The molecule has 3 aromatic carbocycles. The van der Waals surface area contributed by atoms with E-state index in [4.69, 9.17) is 34.8 Å². The molecule has 11 heteroatoms. The molecule has 0 aliphatic rings. The highest BCUT2D eigenvalue weighted by molar-refractivity contribution is 7.92. The summed E-state index contributed by atoms with van der Waals surface area (Å²) in [5, 5.41) is 3.93. The Labute approximate surface area is 251 Å². The van der Waals surface area contributed by atoms with Gasteiger partial charge in [0.2, 0.25) is 11.8 Å². The number of nitrogens with zero attached hydrogens (tertiary/aromatic N) is 2. The molecule has 2 amide bonds. The number of aryl methyl sites for hydroxylation is 1. The van der Waals surface area contributed by atoms with E-state index in [0.717, 1.165) is 9.87 Å². The highest BCUT2D eigenvalue weighted by Crippen LogP contribution is 2.27. The third kappa shape index (κ3) is 7.91. The Balaban J connectivity index is 2.03. The minimum atomic E-state index is -4.18. The van der Waals surface area contributed by atoms with Crippen LogP contribution in [0.1, 0.15) is 38.3 Å². The van der Waals surface area contributed by atoms with Gasteiger partial charge in [0.05, 0.1) is 20.6 Å². The van der Waals surface area contributed by atoms with Crippen LogP contribution in [-0.4, -0.2) is 43.8 Å². The number of carbonyl (C=O) groups is 2. The lowest BCUT2D eigenvalue weighted by molar-refractivity contribution is -0.139. The first-order valence-electron chi connectivity index (χ1n) is 12.7. The molecule has 0 fully saturated rings. The summed E-state index contributed by atoms with van der Waals surface area (Å²) in [6, 6.07) is 16.4. The molecule has 0 saturated carbocycles. The first-order valence-corrected chi connectivity index (χ1v) is 15.3. The zero-order chi connectivity index (χ0) is 29.6. The highest BCUT2D eigenvalue weighted by Gasteiger charge is 2.32. The molecular weight excluding hydrogens is 593 g/mol. The molecule has 40 heavy (non-hydrogen) atoms. The predicted octanol–water partition coefficient (Wildman–Crippen LogP) is 6.48. The average Bonchev–Trinajstić information content (AvgIpc) is 2.92. The van der Waals surface area contributed by atoms with Crippen LogP contribution >= 0.6 is 34.8 Å². The Morgan fingerprint density at radius 3 is 2.10 bits per heavy atom. The Bertz CT molecular complexity index is 1450. The van der Waals surface area contributed by atoms with Gasteiger partial charge < -0.3 is 10.2 Å². The standard InChI is InChI=1S/C29H32Cl3N3O4S/c1-5-20(3)33-29(37)21(4)34(17-22-8-15-26(31)27(32)16-22)28(36)18-35(24-11-6-19(2)7-12-24)40(38,39)25-13-9-23(30)10-14-25/h6-16,20-21H,5,17-18H2,1-4H3,(H,33,37). The molecular formula is C29H32Cl3N3O4S. The Morgan fingerprint density at radius 2 is 1.52 bits per heavy atom. The first-order chi connectivity index (χ1) is 18.8. The predicted molar refractivity (Wildman–Crippen MR) is 162 cm³/mol. The van der Waals surface area contributed by atoms with Crippen molar-refractivity contribution in [3.05, 3.63) is 92.9 Å². The molecule has 0 saturated heterocycles. The molecule has 0 radical (unpaired) electrons. The largest absolute Gasteiger partial charge is 0.352 e. The Hall–Kier alpha value is -2.78. The number of hydrogen-bond donors (Lipinski definition) is 1. The van der Waals surface area contributed by atoms with Gasteiger partial charge in [0.1, 0.15) is 12.6 Å². The lowest BCUT2D eigenvalue weighted by Gasteiger charge is -2.32. The van der Waals surface area contributed by atoms with E-state index in [-0.39, 0.29) is 23.4 Å². The summed E-state index contributed by atoms with van der Waals surface area (Å²) >= 11 is 18.3. The third-order valence-corrected chi connectivity index (χ3v) is 9.29. The van der Waals surface area contributed by atoms with Gasteiger partial charge in [0.15, 0.2) is 0 Å². The summed E-state index contributed by atoms with van der Waals surface area (Å²) < 4.78 is 28.7. The molecule has 0 aliphatic carbocycles. The fraction of sp³-hybridized carbons (Fsp3) is 0.310. The normalized spacial score (nSPS) is 12.9. The van der Waals surface area contributed by atoms with Crippen molar-refractivity contribution in [2.24, 2.45) is 0 Å². The maximum atomic E-state index is 13.9. The number of anilines is 1. The van der Waals surface area contributed by atoms with Crippen molar-refractivity contribution in [2.45, 2.75) is 57.6 Å². The number of sulfonamides is 1. The molecule has 7 nitrogen and oxygen atoms in total. The second-order valence-electron chi connectivity index (χ2n) is 9.57. The summed E-state index contributed by atoms with van der Waals surface area (Å²) in [5.74, 6) is -0.929. The third-order valence-electron chi connectivity index (χ3n) is 6.51. The SMILES string of the molecule is CCC(C)NC(=O)C(C)N(Cc1ccc(Cl)c(Cl)c1)C(=O)CN(c1ccc(C)cc1)S(=O)(=O)c1ccc(Cl)cc1. The molecule has 0 spiro atoms. The van der Waals surface area contributed by atoms with Crippen LogP contribution in [0.15, 0.2) is 71.6 Å². The zero-order valence-electron chi connectivity index (χ0n) is 22.7. The minimum absolute atomic E-state index is 0.00749. The van der Waals surface area contributed by atoms with E-state index in [9.17, 15) is 18.0 Å². The van der Waals surface area contributed by atoms with Crippen LogP contribution in [0.25, 0.3) is 0 Å². The van der Waals surface area contributed by atoms with Crippen LogP contribution in [0.4, 0.5) is 5.69 Å². The number of rotatable bonds is 11. The number of amides is 2. The smallest absolute Gasteiger partial charge is 0.264 e. The maximum absolute atomic E-state index is 13.9. The average molecular weight is 625 g/mol. The Kier molecular flexibility index (Phi) is 10.9. The second-order valence-corrected chi connectivity index (χ2v) is 12.7. The molecule has 2 atom stereocenters. The summed E-state index contributed by atoms with van der Waals surface area (Å²) in [5.41, 5.74) is 1.86. The molecule has 0 aromatic heterocycles. The summed E-state index contributed by atoms with van der Waals surface area (Å²) in [6.45, 7) is 6.76. The first kappa shape index (κ1) is 31.7. The van der Waals surface area contributed by atoms with Crippen LogP contribution in [-0.2, 0) is 26.2 Å². The van der Waals surface area contributed by atoms with Crippen molar-refractivity contribution in [1.29, 1.82) is 0 Å².